The molecule has 0 saturated heterocycles. The summed E-state index contributed by atoms with van der Waals surface area (Å²) in [5.74, 6) is 0. The van der Waals surface area contributed by atoms with Crippen LogP contribution >= 0.6 is 19.1 Å². The average molecular weight is 2060 g/mol. The van der Waals surface area contributed by atoms with Crippen LogP contribution < -0.4 is 0 Å². The maximum absolute atomic E-state index is 7.50. The van der Waals surface area contributed by atoms with Gasteiger partial charge in [0, 0.05) is 124 Å². The molecule has 16 aromatic rings. The third kappa shape index (κ3) is 36.4. The molecule has 0 fully saturated rings. The molecule has 16 heterocycles. The van der Waals surface area contributed by atoms with Gasteiger partial charge in [-0.25, -0.2) is 0 Å². The second kappa shape index (κ2) is 65.7. The van der Waals surface area contributed by atoms with Crippen LogP contribution in [0.4, 0.5) is 0 Å². The van der Waals surface area contributed by atoms with Crippen molar-refractivity contribution in [3.05, 3.63) is 406 Å². The van der Waals surface area contributed by atoms with Gasteiger partial charge in [0.1, 0.15) is 0 Å². The van der Waals surface area contributed by atoms with E-state index in [9.17, 15) is 0 Å². The van der Waals surface area contributed by atoms with Crippen molar-refractivity contribution >= 4 is 19.1 Å². The quantitative estimate of drug-likeness (QED) is 0.0697. The molecule has 0 bridgehead atoms. The second-order valence-electron chi connectivity index (χ2n) is 20.4. The summed E-state index contributed by atoms with van der Waals surface area (Å²) in [7, 11) is 9.39. The normalized spacial score (nSPS) is 8.70. The Labute approximate surface area is 715 Å². The molecule has 0 atom stereocenters. The Morgan fingerprint density at radius 3 is 0.404 bits per heavy atom. The van der Waals surface area contributed by atoms with Gasteiger partial charge in [-0.2, -0.15) is 0 Å². The van der Waals surface area contributed by atoms with Crippen LogP contribution in [0.2, 0.25) is 0 Å². The van der Waals surface area contributed by atoms with Crippen LogP contribution in [0, 0.1) is 39.9 Å². The Morgan fingerprint density at radius 2 is 0.281 bits per heavy atom. The first-order valence-electron chi connectivity index (χ1n) is 31.9. The number of hydrogen-bond donors (Lipinski definition) is 0. The molecule has 0 aliphatic carbocycles. The number of rotatable bonds is 10. The van der Waals surface area contributed by atoms with E-state index in [1.165, 1.54) is 36.4 Å². The minimum absolute atomic E-state index is 0. The van der Waals surface area contributed by atoms with Crippen molar-refractivity contribution in [1.29, 1.82) is 0 Å². The second-order valence-corrected chi connectivity index (χ2v) is 20.4. The predicted octanol–water partition coefficient (Wildman–Crippen LogP) is 18.3. The van der Waals surface area contributed by atoms with Gasteiger partial charge in [-0.05, 0) is 239 Å². The number of aromatic nitrogens is 16. The molecule has 0 aliphatic rings. The molecule has 22 nitrogen and oxygen atoms in total. The Morgan fingerprint density at radius 1 is 0.158 bits per heavy atom. The van der Waals surface area contributed by atoms with Crippen LogP contribution in [0.5, 0.6) is 0 Å². The van der Waals surface area contributed by atoms with E-state index < -0.39 is 0 Å². The zero-order valence-corrected chi connectivity index (χ0v) is 69.9. The Hall–Kier alpha value is -12.0. The first kappa shape index (κ1) is 100. The van der Waals surface area contributed by atoms with Crippen LogP contribution in [0.15, 0.2) is 367 Å². The number of pyridine rings is 16. The molecule has 114 heavy (non-hydrogen) atoms. The van der Waals surface area contributed by atoms with Crippen molar-refractivity contribution in [3.8, 4) is 113 Å². The maximum atomic E-state index is 7.50. The molecule has 16 rings (SSSR count). The number of halogens is 2. The summed E-state index contributed by atoms with van der Waals surface area (Å²) in [6.45, 7) is 27.0. The first-order valence-corrected chi connectivity index (χ1v) is 38.7. The van der Waals surface area contributed by atoms with Crippen molar-refractivity contribution in [2.75, 3.05) is 0 Å². The molecule has 0 spiro atoms. The number of hydrogen-bond acceptors (Lipinski definition) is 16. The summed E-state index contributed by atoms with van der Waals surface area (Å²) >= 11 is 2.39. The van der Waals surface area contributed by atoms with Gasteiger partial charge in [0.2, 0.25) is 0 Å². The van der Waals surface area contributed by atoms with Crippen molar-refractivity contribution in [3.63, 3.8) is 0 Å². The smallest absolute Gasteiger partial charge is 0.265 e. The van der Waals surface area contributed by atoms with E-state index in [1.807, 2.05) is 267 Å². The van der Waals surface area contributed by atoms with Gasteiger partial charge in [-0.15, -0.1) is 0 Å². The minimum Gasteiger partial charge on any atom is -0.265 e. The molecule has 0 saturated carbocycles. The number of nitrogens with zero attached hydrogens (tertiary/aromatic N) is 16. The summed E-state index contributed by atoms with van der Waals surface area (Å²) in [6, 6.07) is 78.4. The minimum atomic E-state index is 0. The monoisotopic (exact) mass is 2060 g/mol. The topological polar surface area (TPSA) is 326 Å². The van der Waals surface area contributed by atoms with E-state index in [1.54, 1.807) is 99.1 Å². The van der Waals surface area contributed by atoms with Gasteiger partial charge in [-0.3, -0.25) is 79.7 Å². The van der Waals surface area contributed by atoms with E-state index in [-0.39, 0.29) is 39.0 Å². The molecule has 0 amide bonds. The van der Waals surface area contributed by atoms with Crippen LogP contribution in [-0.2, 0) is 103 Å². The molecular formula is C86H60Cl2N16O6Re2Ru2+4. The molecule has 0 radical (unpaired) electrons. The Bertz CT molecular complexity index is 4410. The molecule has 560 valence electrons. The molecule has 0 unspecified atom stereocenters. The third-order valence-corrected chi connectivity index (χ3v) is 14.0. The zero-order chi connectivity index (χ0) is 81.3. The molecule has 16 aromatic heterocycles. The summed E-state index contributed by atoms with van der Waals surface area (Å²) in [6.07, 6.45) is 35.7. The van der Waals surface area contributed by atoms with E-state index in [2.05, 4.69) is 120 Å². The van der Waals surface area contributed by atoms with Gasteiger partial charge in [0.15, 0.2) is 0 Å². The van der Waals surface area contributed by atoms with Gasteiger partial charge in [-0.1, -0.05) is 48.5 Å². The summed E-state index contributed by atoms with van der Waals surface area (Å²) in [4.78, 5) is 67.7. The van der Waals surface area contributed by atoms with Crippen LogP contribution in [0.3, 0.4) is 0 Å². The van der Waals surface area contributed by atoms with E-state index in [0.717, 1.165) is 113 Å². The van der Waals surface area contributed by atoms with Crippen LogP contribution in [-0.4, -0.2) is 79.7 Å². The van der Waals surface area contributed by atoms with Crippen molar-refractivity contribution in [2.45, 2.75) is 0 Å². The Balaban J connectivity index is 0.000000673. The summed E-state index contributed by atoms with van der Waals surface area (Å²) in [5, 5.41) is 0. The standard InChI is InChI=1S/2C20H14N4.4C10H8N2.6CO.2ClH.2Re.2Ru/c2*1-7-21-8-2-15(1)17-5-11-23-19(13-17)20-14-18(6-12-24-20)16-3-9-22-10-4-16;4*1-3-7-11-9(5-1)10-6-2-4-8-12-10;6*1-2;;;;;;/h2*1-14H;4*1-8H;;;;;;;2*1H;;;;/q;;;;;;;;;;;;;;2*+1;2*+2/p-2. The average Bonchev–Trinajstić information content (AvgIpc) is 0.824. The fourth-order valence-corrected chi connectivity index (χ4v) is 9.29. The van der Waals surface area contributed by atoms with E-state index in [0.29, 0.717) is 0 Å². The summed E-state index contributed by atoms with van der Waals surface area (Å²) in [5.41, 5.74) is 19.5. The maximum Gasteiger partial charge on any atom is 2.00 e. The van der Waals surface area contributed by atoms with Gasteiger partial charge in [0.25, 0.3) is 0 Å². The van der Waals surface area contributed by atoms with Gasteiger partial charge in [0.05, 0.1) is 68.3 Å². The summed E-state index contributed by atoms with van der Waals surface area (Å²) < 4.78 is 45.0. The zero-order valence-electron chi connectivity index (χ0n) is 59.5. The Kier molecular flexibility index (Phi) is 57.6. The SMILES string of the molecule is [C-]#[O+].[C-]#[O+].[C-]#[O+].[C-]#[O+].[C-]#[O+].[C-]#[O+].[Cl][Re].[Cl][Re].[Ru+2].[Ru+2].c1cc(-c2ccnc(-c3cc(-c4ccncc4)ccn3)c2)ccn1.c1cc(-c2ccnc(-c3cc(-c4ccncc4)ccn3)c2)ccn1.c1ccc(-c2ccccn2)nc1.c1ccc(-c2ccccn2)nc1.c1ccc(-c2ccccn2)nc1.c1ccc(-c2ccccn2)nc1. The molecule has 0 aliphatic heterocycles. The third-order valence-electron chi connectivity index (χ3n) is 14.0. The fraction of sp³-hybridized carbons (Fsp3) is 0. The molecule has 0 aromatic carbocycles. The predicted molar refractivity (Wildman–Crippen MR) is 413 cm³/mol. The van der Waals surface area contributed by atoms with Gasteiger partial charge >= 0.3 is 162 Å². The molecule has 0 N–H and O–H groups in total. The first-order chi connectivity index (χ1) is 55.7. The van der Waals surface area contributed by atoms with Crippen molar-refractivity contribution in [2.24, 2.45) is 0 Å². The molecule has 28 heteroatoms. The fourth-order valence-electron chi connectivity index (χ4n) is 9.29. The molecular weight excluding hydrogens is 2000 g/mol. The van der Waals surface area contributed by atoms with E-state index in [4.69, 9.17) is 47.0 Å². The van der Waals surface area contributed by atoms with Crippen LogP contribution in [0.25, 0.3) is 113 Å². The van der Waals surface area contributed by atoms with Crippen molar-refractivity contribution in [1.82, 2.24) is 79.7 Å². The van der Waals surface area contributed by atoms with E-state index >= 15 is 0 Å². The largest absolute Gasteiger partial charge is 2.00 e. The van der Waals surface area contributed by atoms with Crippen LogP contribution in [0.1, 0.15) is 0 Å². The van der Waals surface area contributed by atoms with Gasteiger partial charge < -0.3 is 0 Å². The van der Waals surface area contributed by atoms with Crippen molar-refractivity contribution < 1.29 is 103 Å².